The average Bonchev–Trinajstić information content (AvgIpc) is 3.54. The number of halogens is 1. The third-order valence-electron chi connectivity index (χ3n) is 7.31. The number of aryl methyl sites for hydroxylation is 1. The van der Waals surface area contributed by atoms with Gasteiger partial charge in [0.25, 0.3) is 5.56 Å². The van der Waals surface area contributed by atoms with Crippen LogP contribution in [0.3, 0.4) is 0 Å². The van der Waals surface area contributed by atoms with Gasteiger partial charge in [0.2, 0.25) is 5.78 Å². The van der Waals surface area contributed by atoms with Gasteiger partial charge in [0.05, 0.1) is 11.7 Å². The molecule has 0 aliphatic carbocycles. The Kier molecular flexibility index (Phi) is 6.96. The molecule has 2 fully saturated rings. The number of hydrogen-bond donors (Lipinski definition) is 0. The van der Waals surface area contributed by atoms with Crippen molar-refractivity contribution >= 4 is 29.3 Å². The molecule has 37 heavy (non-hydrogen) atoms. The minimum Gasteiger partial charge on any atom is -0.444 e. The van der Waals surface area contributed by atoms with Gasteiger partial charge >= 0.3 is 6.09 Å². The summed E-state index contributed by atoms with van der Waals surface area (Å²) in [7, 11) is 0. The second kappa shape index (κ2) is 10.0. The number of hydrogen-bond acceptors (Lipinski definition) is 5. The van der Waals surface area contributed by atoms with E-state index in [4.69, 9.17) is 21.3 Å². The summed E-state index contributed by atoms with van der Waals surface area (Å²) >= 11 is 6.08. The minimum absolute atomic E-state index is 0.102. The van der Waals surface area contributed by atoms with Gasteiger partial charge in [-0.1, -0.05) is 43.5 Å². The Hall–Kier alpha value is -3.00. The zero-order chi connectivity index (χ0) is 26.3. The number of rotatable bonds is 6. The van der Waals surface area contributed by atoms with Crippen molar-refractivity contribution in [3.05, 3.63) is 51.9 Å². The Labute approximate surface area is 222 Å². The Morgan fingerprint density at radius 3 is 2.62 bits per heavy atom. The van der Waals surface area contributed by atoms with Crippen LogP contribution in [0.25, 0.3) is 17.0 Å². The van der Waals surface area contributed by atoms with Crippen molar-refractivity contribution in [3.8, 4) is 11.3 Å². The molecule has 8 nitrogen and oxygen atoms in total. The maximum Gasteiger partial charge on any atom is 0.410 e. The van der Waals surface area contributed by atoms with Crippen LogP contribution in [0.1, 0.15) is 53.4 Å². The van der Waals surface area contributed by atoms with Crippen LogP contribution in [0.5, 0.6) is 0 Å². The highest BCUT2D eigenvalue weighted by Crippen LogP contribution is 2.36. The monoisotopic (exact) mass is 525 g/mol. The van der Waals surface area contributed by atoms with Gasteiger partial charge in [-0.2, -0.15) is 0 Å². The van der Waals surface area contributed by atoms with Crippen LogP contribution < -0.4 is 10.5 Å². The standard InChI is InChI=1S/C28H36ClN5O3/c1-5-6-7-13-33-24(32-14-12-20-16-31(18-23(20)32)27(36)37-28(2,3)4)15-25(35)34-17-22(30-26(33)34)19-8-10-21(29)11-9-19/h8-11,15,17,20,23H,5-7,12-14,16,18H2,1-4H3. The first-order valence-corrected chi connectivity index (χ1v) is 13.7. The molecule has 3 aromatic rings. The summed E-state index contributed by atoms with van der Waals surface area (Å²) in [6.07, 6.45) is 5.72. The normalized spacial score (nSPS) is 19.6. The number of unbranched alkanes of at least 4 members (excludes halogenated alkanes) is 2. The average molecular weight is 526 g/mol. The molecule has 4 heterocycles. The first-order valence-electron chi connectivity index (χ1n) is 13.3. The third kappa shape index (κ3) is 5.21. The van der Waals surface area contributed by atoms with E-state index < -0.39 is 5.60 Å². The molecule has 2 aliphatic heterocycles. The summed E-state index contributed by atoms with van der Waals surface area (Å²) in [6.45, 7) is 10.8. The zero-order valence-electron chi connectivity index (χ0n) is 22.1. The SMILES string of the molecule is CCCCCn1c(N2CCC3CN(C(=O)OC(C)(C)C)CC32)cc(=O)n2cc(-c3ccc(Cl)cc3)nc12. The van der Waals surface area contributed by atoms with E-state index in [1.165, 1.54) is 0 Å². The molecule has 0 spiro atoms. The van der Waals surface area contributed by atoms with Gasteiger partial charge in [-0.25, -0.2) is 9.78 Å². The van der Waals surface area contributed by atoms with Gasteiger partial charge in [0.1, 0.15) is 11.4 Å². The van der Waals surface area contributed by atoms with E-state index >= 15 is 0 Å². The van der Waals surface area contributed by atoms with Crippen molar-refractivity contribution in [3.63, 3.8) is 0 Å². The summed E-state index contributed by atoms with van der Waals surface area (Å²) in [6, 6.07) is 9.40. The van der Waals surface area contributed by atoms with Crippen molar-refractivity contribution in [1.29, 1.82) is 0 Å². The van der Waals surface area contributed by atoms with Gasteiger partial charge in [0.15, 0.2) is 0 Å². The van der Waals surface area contributed by atoms with E-state index in [0.29, 0.717) is 29.8 Å². The lowest BCUT2D eigenvalue weighted by Gasteiger charge is -2.30. The molecule has 9 heteroatoms. The summed E-state index contributed by atoms with van der Waals surface area (Å²) in [4.78, 5) is 35.2. The highest BCUT2D eigenvalue weighted by molar-refractivity contribution is 6.30. The fraction of sp³-hybridized carbons (Fsp3) is 0.536. The molecule has 1 amide bonds. The van der Waals surface area contributed by atoms with Crippen molar-refractivity contribution in [1.82, 2.24) is 18.9 Å². The number of likely N-dealkylation sites (tertiary alicyclic amines) is 1. The smallest absolute Gasteiger partial charge is 0.410 e. The number of carbonyl (C=O) groups excluding carboxylic acids is 1. The molecule has 0 radical (unpaired) electrons. The molecule has 5 rings (SSSR count). The number of amides is 1. The van der Waals surface area contributed by atoms with Crippen molar-refractivity contribution in [2.45, 2.75) is 71.6 Å². The van der Waals surface area contributed by atoms with Crippen molar-refractivity contribution in [2.75, 3.05) is 24.5 Å². The lowest BCUT2D eigenvalue weighted by Crippen LogP contribution is -2.41. The number of nitrogens with zero attached hydrogens (tertiary/aromatic N) is 5. The lowest BCUT2D eigenvalue weighted by atomic mass is 10.1. The Bertz CT molecular complexity index is 1340. The number of aromatic nitrogens is 3. The maximum absolute atomic E-state index is 13.3. The quantitative estimate of drug-likeness (QED) is 0.400. The molecule has 0 N–H and O–H groups in total. The van der Waals surface area contributed by atoms with Crippen molar-refractivity contribution in [2.24, 2.45) is 5.92 Å². The van der Waals surface area contributed by atoms with Gasteiger partial charge in [-0.15, -0.1) is 0 Å². The first-order chi connectivity index (χ1) is 17.6. The molecule has 2 saturated heterocycles. The van der Waals surface area contributed by atoms with E-state index in [0.717, 1.165) is 55.8 Å². The Morgan fingerprint density at radius 1 is 1.16 bits per heavy atom. The Balaban J connectivity index is 1.51. The summed E-state index contributed by atoms with van der Waals surface area (Å²) in [5.41, 5.74) is 1.03. The molecular weight excluding hydrogens is 490 g/mol. The topological polar surface area (TPSA) is 72.1 Å². The predicted octanol–water partition coefficient (Wildman–Crippen LogP) is 5.45. The fourth-order valence-electron chi connectivity index (χ4n) is 5.54. The number of fused-ring (bicyclic) bond motifs is 2. The van der Waals surface area contributed by atoms with Crippen LogP contribution in [0, 0.1) is 5.92 Å². The molecule has 2 atom stereocenters. The number of imidazole rings is 1. The largest absolute Gasteiger partial charge is 0.444 e. The van der Waals surface area contributed by atoms with E-state index in [1.54, 1.807) is 10.5 Å². The highest BCUT2D eigenvalue weighted by atomic mass is 35.5. The number of benzene rings is 1. The summed E-state index contributed by atoms with van der Waals surface area (Å²) in [5.74, 6) is 1.89. The fourth-order valence-corrected chi connectivity index (χ4v) is 5.66. The Morgan fingerprint density at radius 2 is 1.92 bits per heavy atom. The van der Waals surface area contributed by atoms with E-state index in [1.807, 2.05) is 56.1 Å². The van der Waals surface area contributed by atoms with Crippen LogP contribution in [-0.4, -0.2) is 56.2 Å². The van der Waals surface area contributed by atoms with Gasteiger partial charge < -0.3 is 14.5 Å². The maximum atomic E-state index is 13.3. The minimum atomic E-state index is -0.526. The van der Waals surface area contributed by atoms with Gasteiger partial charge in [-0.3, -0.25) is 13.8 Å². The van der Waals surface area contributed by atoms with Crippen molar-refractivity contribution < 1.29 is 9.53 Å². The van der Waals surface area contributed by atoms with E-state index in [2.05, 4.69) is 16.4 Å². The van der Waals surface area contributed by atoms with Crippen LogP contribution in [0.2, 0.25) is 5.02 Å². The van der Waals surface area contributed by atoms with Gasteiger partial charge in [0, 0.05) is 54.9 Å². The first kappa shape index (κ1) is 25.6. The second-order valence-electron chi connectivity index (χ2n) is 11.2. The lowest BCUT2D eigenvalue weighted by molar-refractivity contribution is 0.0284. The number of anilines is 1. The van der Waals surface area contributed by atoms with E-state index in [-0.39, 0.29) is 17.7 Å². The molecule has 2 unspecified atom stereocenters. The summed E-state index contributed by atoms with van der Waals surface area (Å²) in [5, 5.41) is 0.662. The molecule has 0 bridgehead atoms. The molecule has 2 aromatic heterocycles. The highest BCUT2D eigenvalue weighted by Gasteiger charge is 2.44. The van der Waals surface area contributed by atoms with Crippen LogP contribution >= 0.6 is 11.6 Å². The molecule has 0 saturated carbocycles. The number of carbonyl (C=O) groups is 1. The second-order valence-corrected chi connectivity index (χ2v) is 11.6. The molecular formula is C28H36ClN5O3. The number of ether oxygens (including phenoxy) is 1. The van der Waals surface area contributed by atoms with E-state index in [9.17, 15) is 9.59 Å². The molecule has 2 aliphatic rings. The summed E-state index contributed by atoms with van der Waals surface area (Å²) < 4.78 is 9.47. The third-order valence-corrected chi connectivity index (χ3v) is 7.57. The van der Waals surface area contributed by atoms with Crippen LogP contribution in [0.4, 0.5) is 10.6 Å². The van der Waals surface area contributed by atoms with Crippen LogP contribution in [0.15, 0.2) is 41.3 Å². The van der Waals surface area contributed by atoms with Crippen LogP contribution in [-0.2, 0) is 11.3 Å². The molecule has 1 aromatic carbocycles. The predicted molar refractivity (Wildman–Crippen MR) is 146 cm³/mol. The van der Waals surface area contributed by atoms with Gasteiger partial charge in [-0.05, 0) is 45.7 Å². The molecule has 198 valence electrons. The zero-order valence-corrected chi connectivity index (χ0v) is 22.9.